The summed E-state index contributed by atoms with van der Waals surface area (Å²) in [4.78, 5) is 28.3. The molecule has 1 aromatic rings. The number of nitrogens with two attached hydrogens (primary N) is 1. The van der Waals surface area contributed by atoms with Crippen molar-refractivity contribution in [1.29, 1.82) is 0 Å². The zero-order chi connectivity index (χ0) is 19.6. The molecule has 1 heterocycles. The van der Waals surface area contributed by atoms with Crippen LogP contribution in [0.2, 0.25) is 0 Å². The van der Waals surface area contributed by atoms with E-state index in [9.17, 15) is 22.8 Å². The number of rotatable bonds is 3. The van der Waals surface area contributed by atoms with E-state index in [0.29, 0.717) is 32.6 Å². The minimum Gasteiger partial charge on any atom is -0.339 e. The van der Waals surface area contributed by atoms with Crippen molar-refractivity contribution in [3.05, 3.63) is 35.4 Å². The normalized spacial score (nSPS) is 22.7. The van der Waals surface area contributed by atoms with Gasteiger partial charge in [-0.1, -0.05) is 6.42 Å². The van der Waals surface area contributed by atoms with E-state index in [4.69, 9.17) is 5.73 Å². The number of benzene rings is 1. The van der Waals surface area contributed by atoms with Crippen molar-refractivity contribution in [3.8, 4) is 0 Å². The summed E-state index contributed by atoms with van der Waals surface area (Å²) in [7, 11) is 0. The maximum absolute atomic E-state index is 12.6. The lowest BCUT2D eigenvalue weighted by Crippen LogP contribution is -2.51. The molecule has 2 N–H and O–H groups in total. The Kier molecular flexibility index (Phi) is 7.33. The van der Waals surface area contributed by atoms with Crippen LogP contribution in [0.1, 0.15) is 41.6 Å². The van der Waals surface area contributed by atoms with Crippen LogP contribution in [0.4, 0.5) is 13.2 Å². The van der Waals surface area contributed by atoms with E-state index in [-0.39, 0.29) is 41.7 Å². The van der Waals surface area contributed by atoms with Crippen molar-refractivity contribution in [2.24, 2.45) is 11.7 Å². The van der Waals surface area contributed by atoms with Crippen molar-refractivity contribution in [2.75, 3.05) is 26.2 Å². The highest BCUT2D eigenvalue weighted by molar-refractivity contribution is 5.94. The highest BCUT2D eigenvalue weighted by Gasteiger charge is 2.32. The maximum Gasteiger partial charge on any atom is 0.416 e. The topological polar surface area (TPSA) is 66.6 Å². The zero-order valence-corrected chi connectivity index (χ0v) is 16.3. The van der Waals surface area contributed by atoms with Gasteiger partial charge in [-0.05, 0) is 43.0 Å². The highest BCUT2D eigenvalue weighted by Crippen LogP contribution is 2.29. The molecule has 0 aromatic heterocycles. The van der Waals surface area contributed by atoms with E-state index in [0.717, 1.165) is 31.4 Å². The van der Waals surface area contributed by atoms with Gasteiger partial charge in [0.05, 0.1) is 5.56 Å². The van der Waals surface area contributed by atoms with Gasteiger partial charge in [-0.3, -0.25) is 9.59 Å². The predicted molar refractivity (Wildman–Crippen MR) is 101 cm³/mol. The van der Waals surface area contributed by atoms with Gasteiger partial charge in [-0.25, -0.2) is 0 Å². The molecule has 9 heteroatoms. The summed E-state index contributed by atoms with van der Waals surface area (Å²) in [6, 6.07) is 4.32. The van der Waals surface area contributed by atoms with E-state index in [1.807, 2.05) is 0 Å². The number of alkyl halides is 3. The third-order valence-electron chi connectivity index (χ3n) is 5.53. The number of carbonyl (C=O) groups is 2. The smallest absolute Gasteiger partial charge is 0.339 e. The van der Waals surface area contributed by atoms with Gasteiger partial charge in [0.25, 0.3) is 5.91 Å². The van der Waals surface area contributed by atoms with Crippen LogP contribution in [-0.2, 0) is 11.0 Å². The fraction of sp³-hybridized carbons (Fsp3) is 0.579. The largest absolute Gasteiger partial charge is 0.416 e. The van der Waals surface area contributed by atoms with Gasteiger partial charge in [0.15, 0.2) is 0 Å². The molecule has 1 aliphatic heterocycles. The number of amides is 2. The van der Waals surface area contributed by atoms with Crippen LogP contribution in [-0.4, -0.2) is 53.8 Å². The quantitative estimate of drug-likeness (QED) is 0.819. The molecule has 28 heavy (non-hydrogen) atoms. The van der Waals surface area contributed by atoms with Gasteiger partial charge < -0.3 is 15.5 Å². The molecule has 1 saturated heterocycles. The molecule has 156 valence electrons. The summed E-state index contributed by atoms with van der Waals surface area (Å²) >= 11 is 0. The molecule has 2 atom stereocenters. The molecule has 1 aromatic carbocycles. The highest BCUT2D eigenvalue weighted by atomic mass is 35.5. The second kappa shape index (κ2) is 9.13. The van der Waals surface area contributed by atoms with E-state index < -0.39 is 11.7 Å². The summed E-state index contributed by atoms with van der Waals surface area (Å²) in [5.41, 5.74) is 5.47. The van der Waals surface area contributed by atoms with Crippen LogP contribution >= 0.6 is 12.4 Å². The molecule has 2 amide bonds. The standard InChI is InChI=1S/C19H24F3N3O2.ClH/c20-19(21,22)15-6-4-13(5-7-15)18(27)25-10-8-24(9-11-25)17(26)12-14-2-1-3-16(14)23;/h4-7,14,16H,1-3,8-12,23H2;1H/t14-,16+;/m0./s1. The SMILES string of the molecule is Cl.N[C@@H]1CCC[C@H]1CC(=O)N1CCN(C(=O)c2ccc(C(F)(F)F)cc2)CC1. The lowest BCUT2D eigenvalue weighted by molar-refractivity contribution is -0.137. The van der Waals surface area contributed by atoms with Crippen molar-refractivity contribution in [3.63, 3.8) is 0 Å². The van der Waals surface area contributed by atoms with Gasteiger partial charge in [0, 0.05) is 44.2 Å². The van der Waals surface area contributed by atoms with Crippen LogP contribution in [0.3, 0.4) is 0 Å². The summed E-state index contributed by atoms with van der Waals surface area (Å²) in [5.74, 6) is -0.00285. The molecular weight excluding hydrogens is 395 g/mol. The predicted octanol–water partition coefficient (Wildman–Crippen LogP) is 2.93. The third kappa shape index (κ3) is 5.17. The second-order valence-corrected chi connectivity index (χ2v) is 7.31. The minimum absolute atomic E-state index is 0. The van der Waals surface area contributed by atoms with Gasteiger partial charge in [0.2, 0.25) is 5.91 Å². The summed E-state index contributed by atoms with van der Waals surface area (Å²) in [6.45, 7) is 1.63. The summed E-state index contributed by atoms with van der Waals surface area (Å²) in [5, 5.41) is 0. The van der Waals surface area contributed by atoms with E-state index in [1.165, 1.54) is 12.1 Å². The lowest BCUT2D eigenvalue weighted by atomic mass is 9.99. The Labute approximate surface area is 168 Å². The monoisotopic (exact) mass is 419 g/mol. The van der Waals surface area contributed by atoms with E-state index >= 15 is 0 Å². The molecule has 2 aliphatic rings. The Hall–Kier alpha value is -1.80. The van der Waals surface area contributed by atoms with E-state index in [2.05, 4.69) is 0 Å². The molecule has 0 bridgehead atoms. The average Bonchev–Trinajstić information content (AvgIpc) is 3.05. The molecular formula is C19H25ClF3N3O2. The first-order valence-corrected chi connectivity index (χ1v) is 9.25. The minimum atomic E-state index is -4.42. The van der Waals surface area contributed by atoms with Crippen molar-refractivity contribution in [1.82, 2.24) is 9.80 Å². The number of nitrogens with zero attached hydrogens (tertiary/aromatic N) is 2. The second-order valence-electron chi connectivity index (χ2n) is 7.31. The number of hydrogen-bond donors (Lipinski definition) is 1. The number of piperazine rings is 1. The molecule has 0 unspecified atom stereocenters. The average molecular weight is 420 g/mol. The Morgan fingerprint density at radius 2 is 1.57 bits per heavy atom. The van der Waals surface area contributed by atoms with Crippen LogP contribution in [0, 0.1) is 5.92 Å². The van der Waals surface area contributed by atoms with Crippen LogP contribution < -0.4 is 5.73 Å². The first-order chi connectivity index (χ1) is 12.8. The number of hydrogen-bond acceptors (Lipinski definition) is 3. The Balaban J connectivity index is 0.00000280. The molecule has 5 nitrogen and oxygen atoms in total. The van der Waals surface area contributed by atoms with Gasteiger partial charge in [0.1, 0.15) is 0 Å². The third-order valence-corrected chi connectivity index (χ3v) is 5.53. The Morgan fingerprint density at radius 1 is 1.00 bits per heavy atom. The van der Waals surface area contributed by atoms with Gasteiger partial charge in [-0.2, -0.15) is 13.2 Å². The number of halogens is 4. The van der Waals surface area contributed by atoms with Crippen molar-refractivity contribution >= 4 is 24.2 Å². The fourth-order valence-electron chi connectivity index (χ4n) is 3.82. The zero-order valence-electron chi connectivity index (χ0n) is 15.5. The van der Waals surface area contributed by atoms with Crippen LogP contribution in [0.5, 0.6) is 0 Å². The van der Waals surface area contributed by atoms with E-state index in [1.54, 1.807) is 9.80 Å². The van der Waals surface area contributed by atoms with Crippen molar-refractivity contribution in [2.45, 2.75) is 37.9 Å². The molecule has 3 rings (SSSR count). The Bertz CT molecular complexity index is 689. The Morgan fingerprint density at radius 3 is 2.07 bits per heavy atom. The first-order valence-electron chi connectivity index (χ1n) is 9.25. The van der Waals surface area contributed by atoms with Crippen molar-refractivity contribution < 1.29 is 22.8 Å². The molecule has 2 fully saturated rings. The molecule has 0 radical (unpaired) electrons. The fourth-order valence-corrected chi connectivity index (χ4v) is 3.82. The van der Waals surface area contributed by atoms with Crippen LogP contribution in [0.25, 0.3) is 0 Å². The summed E-state index contributed by atoms with van der Waals surface area (Å²) in [6.07, 6.45) is -0.954. The molecule has 0 spiro atoms. The number of carbonyl (C=O) groups excluding carboxylic acids is 2. The molecule has 1 saturated carbocycles. The summed E-state index contributed by atoms with van der Waals surface area (Å²) < 4.78 is 37.9. The maximum atomic E-state index is 12.6. The van der Waals surface area contributed by atoms with Gasteiger partial charge >= 0.3 is 6.18 Å². The lowest BCUT2D eigenvalue weighted by Gasteiger charge is -2.35. The van der Waals surface area contributed by atoms with Crippen LogP contribution in [0.15, 0.2) is 24.3 Å². The first kappa shape index (κ1) is 22.5. The van der Waals surface area contributed by atoms with Gasteiger partial charge in [-0.15, -0.1) is 12.4 Å². The molecule has 1 aliphatic carbocycles.